The summed E-state index contributed by atoms with van der Waals surface area (Å²) in [6.45, 7) is 0. The van der Waals surface area contributed by atoms with E-state index < -0.39 is 0 Å². The van der Waals surface area contributed by atoms with Crippen LogP contribution in [0.2, 0.25) is 0 Å². The number of aldehydes is 1. The van der Waals surface area contributed by atoms with Gasteiger partial charge in [0, 0.05) is 18.2 Å². The number of aromatic nitrogens is 3. The highest BCUT2D eigenvalue weighted by Gasteiger charge is 2.09. The molecule has 1 aromatic carbocycles. The molecule has 0 saturated heterocycles. The van der Waals surface area contributed by atoms with E-state index in [9.17, 15) is 4.79 Å². The Morgan fingerprint density at radius 1 is 1.33 bits per heavy atom. The van der Waals surface area contributed by atoms with E-state index in [1.807, 2.05) is 19.2 Å². The van der Waals surface area contributed by atoms with Crippen LogP contribution in [0.1, 0.15) is 10.4 Å². The lowest BCUT2D eigenvalue weighted by Gasteiger charge is -2.01. The lowest BCUT2D eigenvalue weighted by atomic mass is 10.1. The first-order valence-electron chi connectivity index (χ1n) is 4.33. The van der Waals surface area contributed by atoms with Gasteiger partial charge < -0.3 is 0 Å². The molecule has 1 aromatic heterocycles. The van der Waals surface area contributed by atoms with Crippen molar-refractivity contribution in [3.8, 4) is 11.3 Å². The Morgan fingerprint density at radius 2 is 2.00 bits per heavy atom. The molecule has 0 spiro atoms. The molecule has 0 saturated carbocycles. The molecule has 0 amide bonds. The first-order chi connectivity index (χ1) is 7.22. The predicted molar refractivity (Wildman–Crippen MR) is 59.5 cm³/mol. The Bertz CT molecular complexity index is 470. The van der Waals surface area contributed by atoms with E-state index in [4.69, 9.17) is 0 Å². The van der Waals surface area contributed by atoms with E-state index in [-0.39, 0.29) is 0 Å². The zero-order valence-corrected chi connectivity index (χ0v) is 9.60. The molecule has 2 aromatic rings. The molecule has 0 aliphatic carbocycles. The van der Waals surface area contributed by atoms with Gasteiger partial charge in [0.15, 0.2) is 4.60 Å². The number of carbonyl (C=O) groups is 1. The fourth-order valence-electron chi connectivity index (χ4n) is 1.36. The molecule has 0 bridgehead atoms. The number of nitrogens with zero attached hydrogens (tertiary/aromatic N) is 3. The minimum Gasteiger partial charge on any atom is -0.298 e. The summed E-state index contributed by atoms with van der Waals surface area (Å²) in [7, 11) is 1.82. The summed E-state index contributed by atoms with van der Waals surface area (Å²) in [6.07, 6.45) is 0.820. The van der Waals surface area contributed by atoms with Crippen LogP contribution in [0.5, 0.6) is 0 Å². The van der Waals surface area contributed by atoms with Gasteiger partial charge >= 0.3 is 0 Å². The molecule has 0 N–H and O–H groups in total. The van der Waals surface area contributed by atoms with Crippen LogP contribution in [0.25, 0.3) is 11.3 Å². The van der Waals surface area contributed by atoms with Crippen LogP contribution >= 0.6 is 15.9 Å². The maximum Gasteiger partial charge on any atom is 0.156 e. The molecule has 1 heterocycles. The maximum absolute atomic E-state index is 10.5. The fraction of sp³-hybridized carbons (Fsp3) is 0.100. The molecular formula is C10H8BrN3O. The number of hydrogen-bond donors (Lipinski definition) is 0. The molecule has 5 heteroatoms. The molecule has 0 fully saturated rings. The first kappa shape index (κ1) is 10.0. The first-order valence-corrected chi connectivity index (χ1v) is 5.12. The number of benzene rings is 1. The summed E-state index contributed by atoms with van der Waals surface area (Å²) in [5.41, 5.74) is 2.53. The van der Waals surface area contributed by atoms with E-state index in [0.717, 1.165) is 17.5 Å². The van der Waals surface area contributed by atoms with Crippen molar-refractivity contribution in [2.75, 3.05) is 0 Å². The van der Waals surface area contributed by atoms with Crippen molar-refractivity contribution in [1.29, 1.82) is 0 Å². The highest BCUT2D eigenvalue weighted by Crippen LogP contribution is 2.25. The molecule has 0 radical (unpaired) electrons. The minimum atomic E-state index is 0.657. The SMILES string of the molecule is Cn1nnc(Br)c1-c1ccc(C=O)cc1. The quantitative estimate of drug-likeness (QED) is 0.781. The smallest absolute Gasteiger partial charge is 0.156 e. The average Bonchev–Trinajstić information content (AvgIpc) is 2.59. The number of hydrogen-bond acceptors (Lipinski definition) is 3. The van der Waals surface area contributed by atoms with Gasteiger partial charge in [-0.05, 0) is 15.9 Å². The fourth-order valence-corrected chi connectivity index (χ4v) is 1.91. The van der Waals surface area contributed by atoms with Crippen LogP contribution < -0.4 is 0 Å². The van der Waals surface area contributed by atoms with Crippen molar-refractivity contribution in [3.63, 3.8) is 0 Å². The molecule has 76 valence electrons. The van der Waals surface area contributed by atoms with Gasteiger partial charge in [-0.15, -0.1) is 5.10 Å². The Labute approximate surface area is 95.0 Å². The van der Waals surface area contributed by atoms with Gasteiger partial charge in [-0.25, -0.2) is 4.68 Å². The van der Waals surface area contributed by atoms with Crippen LogP contribution in [0.15, 0.2) is 28.9 Å². The van der Waals surface area contributed by atoms with Crippen molar-refractivity contribution in [2.24, 2.45) is 7.05 Å². The summed E-state index contributed by atoms with van der Waals surface area (Å²) in [5.74, 6) is 0. The molecule has 4 nitrogen and oxygen atoms in total. The summed E-state index contributed by atoms with van der Waals surface area (Å²) in [6, 6.07) is 7.27. The summed E-state index contributed by atoms with van der Waals surface area (Å²) >= 11 is 3.33. The van der Waals surface area contributed by atoms with Gasteiger partial charge in [0.1, 0.15) is 12.0 Å². The summed E-state index contributed by atoms with van der Waals surface area (Å²) in [5, 5.41) is 7.78. The number of carbonyl (C=O) groups excluding carboxylic acids is 1. The van der Waals surface area contributed by atoms with E-state index in [2.05, 4.69) is 26.2 Å². The second-order valence-electron chi connectivity index (χ2n) is 3.09. The van der Waals surface area contributed by atoms with Crippen LogP contribution in [-0.2, 0) is 7.05 Å². The maximum atomic E-state index is 10.5. The Morgan fingerprint density at radius 3 is 2.47 bits per heavy atom. The third kappa shape index (κ3) is 1.83. The molecular weight excluding hydrogens is 258 g/mol. The number of halogens is 1. The van der Waals surface area contributed by atoms with Crippen molar-refractivity contribution in [2.45, 2.75) is 0 Å². The lowest BCUT2D eigenvalue weighted by Crippen LogP contribution is -1.94. The zero-order valence-electron chi connectivity index (χ0n) is 8.01. The van der Waals surface area contributed by atoms with Crippen molar-refractivity contribution >= 4 is 22.2 Å². The molecule has 0 unspecified atom stereocenters. The van der Waals surface area contributed by atoms with Gasteiger partial charge in [-0.1, -0.05) is 29.5 Å². The monoisotopic (exact) mass is 265 g/mol. The third-order valence-corrected chi connectivity index (χ3v) is 2.64. The highest BCUT2D eigenvalue weighted by atomic mass is 79.9. The van der Waals surface area contributed by atoms with E-state index >= 15 is 0 Å². The van der Waals surface area contributed by atoms with Crippen LogP contribution in [0, 0.1) is 0 Å². The summed E-state index contributed by atoms with van der Waals surface area (Å²) in [4.78, 5) is 10.5. The minimum absolute atomic E-state index is 0.657. The molecule has 2 rings (SSSR count). The topological polar surface area (TPSA) is 47.8 Å². The van der Waals surface area contributed by atoms with Gasteiger partial charge in [0.05, 0.1) is 0 Å². The standard InChI is InChI=1S/C10H8BrN3O/c1-14-9(10(11)12-13-14)8-4-2-7(6-15)3-5-8/h2-6H,1H3. The van der Waals surface area contributed by atoms with Gasteiger partial charge in [-0.2, -0.15) is 0 Å². The van der Waals surface area contributed by atoms with E-state index in [1.54, 1.807) is 16.8 Å². The van der Waals surface area contributed by atoms with Gasteiger partial charge in [0.25, 0.3) is 0 Å². The Hall–Kier alpha value is -1.49. The van der Waals surface area contributed by atoms with E-state index in [1.165, 1.54) is 0 Å². The largest absolute Gasteiger partial charge is 0.298 e. The van der Waals surface area contributed by atoms with Crippen molar-refractivity contribution in [1.82, 2.24) is 15.0 Å². The van der Waals surface area contributed by atoms with Crippen LogP contribution in [0.3, 0.4) is 0 Å². The average molecular weight is 266 g/mol. The Kier molecular flexibility index (Phi) is 2.64. The predicted octanol–water partition coefficient (Wildman–Crippen LogP) is 2.06. The van der Waals surface area contributed by atoms with Crippen LogP contribution in [0.4, 0.5) is 0 Å². The van der Waals surface area contributed by atoms with E-state index in [0.29, 0.717) is 10.2 Å². The third-order valence-electron chi connectivity index (χ3n) is 2.11. The molecule has 15 heavy (non-hydrogen) atoms. The second kappa shape index (κ2) is 3.94. The number of rotatable bonds is 2. The van der Waals surface area contributed by atoms with Gasteiger partial charge in [0.2, 0.25) is 0 Å². The summed E-state index contributed by atoms with van der Waals surface area (Å²) < 4.78 is 2.38. The molecule has 0 aliphatic rings. The van der Waals surface area contributed by atoms with Gasteiger partial charge in [-0.3, -0.25) is 4.79 Å². The Balaban J connectivity index is 2.50. The zero-order chi connectivity index (χ0) is 10.8. The molecule has 0 atom stereocenters. The van der Waals surface area contributed by atoms with Crippen molar-refractivity contribution in [3.05, 3.63) is 34.4 Å². The second-order valence-corrected chi connectivity index (χ2v) is 3.84. The number of aryl methyl sites for hydroxylation is 1. The lowest BCUT2D eigenvalue weighted by molar-refractivity contribution is 0.112. The highest BCUT2D eigenvalue weighted by molar-refractivity contribution is 9.10. The normalized spacial score (nSPS) is 10.3. The van der Waals surface area contributed by atoms with Crippen molar-refractivity contribution < 1.29 is 4.79 Å². The molecule has 0 aliphatic heterocycles. The van der Waals surface area contributed by atoms with Crippen LogP contribution in [-0.4, -0.2) is 21.3 Å².